The molecule has 1 aromatic rings. The highest BCUT2D eigenvalue weighted by atomic mass is 16.5. The molecule has 1 aromatic carbocycles. The summed E-state index contributed by atoms with van der Waals surface area (Å²) < 4.78 is 5.05. The number of carbonyl (C=O) groups excluding carboxylic acids is 1. The van der Waals surface area contributed by atoms with E-state index < -0.39 is 11.9 Å². The summed E-state index contributed by atoms with van der Waals surface area (Å²) in [5, 5.41) is 17.9. The van der Waals surface area contributed by atoms with Crippen molar-refractivity contribution in [3.63, 3.8) is 0 Å². The monoisotopic (exact) mass is 295 g/mol. The molecular formula is C15H21NO5. The van der Waals surface area contributed by atoms with Crippen molar-refractivity contribution in [3.8, 4) is 5.75 Å². The van der Waals surface area contributed by atoms with Crippen LogP contribution in [-0.2, 0) is 16.0 Å². The highest BCUT2D eigenvalue weighted by Crippen LogP contribution is 2.13. The Balaban J connectivity index is 2.68. The molecule has 0 heterocycles. The van der Waals surface area contributed by atoms with Crippen molar-refractivity contribution in [2.45, 2.75) is 13.3 Å². The minimum atomic E-state index is -0.963. The molecule has 0 fully saturated rings. The molecule has 1 amide bonds. The zero-order chi connectivity index (χ0) is 15.8. The normalized spacial score (nSPS) is 11.8. The standard InChI is InChI=1S/C15H21NO5/c1-11(15(19)20)10-16(7-8-17)14(18)9-12-3-5-13(21-2)6-4-12/h3-6,11,17H,7-10H2,1-2H3,(H,19,20). The summed E-state index contributed by atoms with van der Waals surface area (Å²) in [6.45, 7) is 1.56. The number of aliphatic hydroxyl groups excluding tert-OH is 1. The number of aliphatic hydroxyl groups is 1. The summed E-state index contributed by atoms with van der Waals surface area (Å²) >= 11 is 0. The lowest BCUT2D eigenvalue weighted by atomic mass is 10.1. The zero-order valence-corrected chi connectivity index (χ0v) is 12.3. The highest BCUT2D eigenvalue weighted by Gasteiger charge is 2.20. The van der Waals surface area contributed by atoms with Gasteiger partial charge >= 0.3 is 5.97 Å². The van der Waals surface area contributed by atoms with E-state index >= 15 is 0 Å². The van der Waals surface area contributed by atoms with E-state index in [2.05, 4.69) is 0 Å². The van der Waals surface area contributed by atoms with Crippen LogP contribution in [0, 0.1) is 5.92 Å². The number of hydrogen-bond donors (Lipinski definition) is 2. The van der Waals surface area contributed by atoms with Crippen molar-refractivity contribution >= 4 is 11.9 Å². The average Bonchev–Trinajstić information content (AvgIpc) is 2.47. The van der Waals surface area contributed by atoms with Gasteiger partial charge in [0.2, 0.25) is 5.91 Å². The number of hydrogen-bond acceptors (Lipinski definition) is 4. The van der Waals surface area contributed by atoms with E-state index in [0.29, 0.717) is 5.75 Å². The van der Waals surface area contributed by atoms with Crippen LogP contribution in [0.1, 0.15) is 12.5 Å². The number of methoxy groups -OCH3 is 1. The van der Waals surface area contributed by atoms with Crippen LogP contribution in [0.25, 0.3) is 0 Å². The summed E-state index contributed by atoms with van der Waals surface area (Å²) in [6, 6.07) is 7.10. The molecule has 0 bridgehead atoms. The van der Waals surface area contributed by atoms with Gasteiger partial charge in [0.1, 0.15) is 5.75 Å². The number of carboxylic acids is 1. The Labute approximate surface area is 124 Å². The first-order valence-corrected chi connectivity index (χ1v) is 6.72. The molecule has 0 aromatic heterocycles. The fourth-order valence-corrected chi connectivity index (χ4v) is 1.88. The van der Waals surface area contributed by atoms with Crippen LogP contribution in [0.5, 0.6) is 5.75 Å². The molecule has 0 aliphatic heterocycles. The number of nitrogens with zero attached hydrogens (tertiary/aromatic N) is 1. The molecule has 1 unspecified atom stereocenters. The van der Waals surface area contributed by atoms with Gasteiger partial charge in [0, 0.05) is 13.1 Å². The Morgan fingerprint density at radius 2 is 1.90 bits per heavy atom. The Morgan fingerprint density at radius 3 is 2.38 bits per heavy atom. The zero-order valence-electron chi connectivity index (χ0n) is 12.3. The molecular weight excluding hydrogens is 274 g/mol. The first-order chi connectivity index (χ1) is 9.97. The first-order valence-electron chi connectivity index (χ1n) is 6.72. The Morgan fingerprint density at radius 1 is 1.29 bits per heavy atom. The molecule has 21 heavy (non-hydrogen) atoms. The van der Waals surface area contributed by atoms with E-state index in [4.69, 9.17) is 14.9 Å². The number of amides is 1. The van der Waals surface area contributed by atoms with Crippen LogP contribution in [0.3, 0.4) is 0 Å². The third-order valence-electron chi connectivity index (χ3n) is 3.15. The lowest BCUT2D eigenvalue weighted by Gasteiger charge is -2.23. The third kappa shape index (κ3) is 5.43. The summed E-state index contributed by atoms with van der Waals surface area (Å²) in [4.78, 5) is 24.5. The second-order valence-electron chi connectivity index (χ2n) is 4.83. The van der Waals surface area contributed by atoms with Gasteiger partial charge in [0.15, 0.2) is 0 Å². The van der Waals surface area contributed by atoms with Gasteiger partial charge in [-0.1, -0.05) is 19.1 Å². The summed E-state index contributed by atoms with van der Waals surface area (Å²) in [5.41, 5.74) is 0.812. The molecule has 0 saturated carbocycles. The van der Waals surface area contributed by atoms with Crippen molar-refractivity contribution in [1.29, 1.82) is 0 Å². The summed E-state index contributed by atoms with van der Waals surface area (Å²) in [7, 11) is 1.57. The number of benzene rings is 1. The number of rotatable bonds is 8. The van der Waals surface area contributed by atoms with Crippen molar-refractivity contribution < 1.29 is 24.5 Å². The summed E-state index contributed by atoms with van der Waals surface area (Å²) in [5.74, 6) is -1.13. The number of ether oxygens (including phenoxy) is 1. The van der Waals surface area contributed by atoms with E-state index in [9.17, 15) is 9.59 Å². The molecule has 1 rings (SSSR count). The number of carboxylic acid groups (broad SMARTS) is 1. The Kier molecular flexibility index (Phi) is 6.68. The molecule has 0 aliphatic rings. The lowest BCUT2D eigenvalue weighted by molar-refractivity contribution is -0.143. The Hall–Kier alpha value is -2.08. The maximum Gasteiger partial charge on any atom is 0.308 e. The van der Waals surface area contributed by atoms with Gasteiger partial charge < -0.3 is 19.8 Å². The van der Waals surface area contributed by atoms with Crippen molar-refractivity contribution in [2.24, 2.45) is 5.92 Å². The van der Waals surface area contributed by atoms with E-state index in [0.717, 1.165) is 5.56 Å². The fourth-order valence-electron chi connectivity index (χ4n) is 1.88. The minimum absolute atomic E-state index is 0.0882. The minimum Gasteiger partial charge on any atom is -0.497 e. The highest BCUT2D eigenvalue weighted by molar-refractivity contribution is 5.79. The topological polar surface area (TPSA) is 87.1 Å². The molecule has 116 valence electrons. The first kappa shape index (κ1) is 17.0. The molecule has 0 spiro atoms. The van der Waals surface area contributed by atoms with Gasteiger partial charge in [0.25, 0.3) is 0 Å². The van der Waals surface area contributed by atoms with Crippen LogP contribution < -0.4 is 4.74 Å². The van der Waals surface area contributed by atoms with Crippen molar-refractivity contribution in [2.75, 3.05) is 26.8 Å². The van der Waals surface area contributed by atoms with Crippen LogP contribution in [0.4, 0.5) is 0 Å². The van der Waals surface area contributed by atoms with Gasteiger partial charge in [-0.15, -0.1) is 0 Å². The maximum atomic E-state index is 12.2. The number of carbonyl (C=O) groups is 2. The van der Waals surface area contributed by atoms with E-state index in [1.165, 1.54) is 11.8 Å². The Bertz CT molecular complexity index is 471. The van der Waals surface area contributed by atoms with E-state index in [-0.39, 0.29) is 32.0 Å². The predicted molar refractivity (Wildman–Crippen MR) is 77.2 cm³/mol. The van der Waals surface area contributed by atoms with E-state index in [1.54, 1.807) is 31.4 Å². The van der Waals surface area contributed by atoms with Crippen molar-refractivity contribution in [1.82, 2.24) is 4.90 Å². The van der Waals surface area contributed by atoms with Gasteiger partial charge in [0.05, 0.1) is 26.1 Å². The molecule has 0 aliphatic carbocycles. The second-order valence-corrected chi connectivity index (χ2v) is 4.83. The molecule has 0 radical (unpaired) electrons. The smallest absolute Gasteiger partial charge is 0.308 e. The maximum absolute atomic E-state index is 12.2. The molecule has 0 saturated heterocycles. The van der Waals surface area contributed by atoms with Gasteiger partial charge in [-0.25, -0.2) is 0 Å². The molecule has 1 atom stereocenters. The van der Waals surface area contributed by atoms with Crippen LogP contribution >= 0.6 is 0 Å². The molecule has 6 nitrogen and oxygen atoms in total. The molecule has 2 N–H and O–H groups in total. The van der Waals surface area contributed by atoms with Gasteiger partial charge in [-0.2, -0.15) is 0 Å². The van der Waals surface area contributed by atoms with Crippen LogP contribution in [-0.4, -0.2) is 53.8 Å². The number of aliphatic carboxylic acids is 1. The quantitative estimate of drug-likeness (QED) is 0.740. The van der Waals surface area contributed by atoms with Gasteiger partial charge in [-0.3, -0.25) is 9.59 Å². The largest absolute Gasteiger partial charge is 0.497 e. The lowest BCUT2D eigenvalue weighted by Crippen LogP contribution is -2.39. The van der Waals surface area contributed by atoms with Crippen LogP contribution in [0.15, 0.2) is 24.3 Å². The summed E-state index contributed by atoms with van der Waals surface area (Å²) in [6.07, 6.45) is 0.163. The van der Waals surface area contributed by atoms with Crippen LogP contribution in [0.2, 0.25) is 0 Å². The fraction of sp³-hybridized carbons (Fsp3) is 0.467. The third-order valence-corrected chi connectivity index (χ3v) is 3.15. The van der Waals surface area contributed by atoms with Crippen molar-refractivity contribution in [3.05, 3.63) is 29.8 Å². The van der Waals surface area contributed by atoms with E-state index in [1.807, 2.05) is 0 Å². The predicted octanol–water partition coefficient (Wildman–Crippen LogP) is 0.779. The van der Waals surface area contributed by atoms with Gasteiger partial charge in [-0.05, 0) is 17.7 Å². The average molecular weight is 295 g/mol. The second kappa shape index (κ2) is 8.26. The molecule has 6 heteroatoms. The SMILES string of the molecule is COc1ccc(CC(=O)N(CCO)CC(C)C(=O)O)cc1.